The second-order valence-corrected chi connectivity index (χ2v) is 2.95. The van der Waals surface area contributed by atoms with E-state index >= 15 is 0 Å². The molecule has 0 spiro atoms. The molecule has 0 N–H and O–H groups in total. The molecule has 0 radical (unpaired) electrons. The first-order valence-electron chi connectivity index (χ1n) is 4.59. The zero-order valence-electron chi connectivity index (χ0n) is 8.49. The van der Waals surface area contributed by atoms with Crippen molar-refractivity contribution in [2.24, 2.45) is 5.92 Å². The molecule has 0 aliphatic carbocycles. The van der Waals surface area contributed by atoms with Crippen LogP contribution >= 0.6 is 0 Å². The van der Waals surface area contributed by atoms with E-state index in [1.807, 2.05) is 13.0 Å². The Morgan fingerprint density at radius 2 is 1.67 bits per heavy atom. The molecule has 0 heterocycles. The maximum atomic E-state index is 8.84. The third kappa shape index (κ3) is 3.51. The van der Waals surface area contributed by atoms with Gasteiger partial charge in [-0.15, -0.1) is 0 Å². The Labute approximate surface area is 89.3 Å². The van der Waals surface area contributed by atoms with Gasteiger partial charge in [0.05, 0.1) is 23.6 Å². The summed E-state index contributed by atoms with van der Waals surface area (Å²) in [6.45, 7) is 1.97. The molecule has 0 saturated carbocycles. The molecule has 0 aliphatic rings. The molecule has 0 fully saturated rings. The third-order valence-corrected chi connectivity index (χ3v) is 1.96. The van der Waals surface area contributed by atoms with Gasteiger partial charge in [-0.05, 0) is 6.42 Å². The van der Waals surface area contributed by atoms with Crippen LogP contribution in [0.15, 0.2) is 11.1 Å². The second-order valence-electron chi connectivity index (χ2n) is 2.95. The van der Waals surface area contributed by atoms with Gasteiger partial charge in [0.25, 0.3) is 0 Å². The van der Waals surface area contributed by atoms with E-state index in [4.69, 9.17) is 21.0 Å². The van der Waals surface area contributed by atoms with Gasteiger partial charge in [0.2, 0.25) is 0 Å². The van der Waals surface area contributed by atoms with Crippen molar-refractivity contribution in [3.05, 3.63) is 11.1 Å². The maximum absolute atomic E-state index is 8.84. The molecule has 74 valence electrons. The first-order chi connectivity index (χ1) is 7.24. The zero-order valence-corrected chi connectivity index (χ0v) is 8.49. The van der Waals surface area contributed by atoms with E-state index in [1.165, 1.54) is 0 Å². The Morgan fingerprint density at radius 3 is 2.00 bits per heavy atom. The number of hydrogen-bond donors (Lipinski definition) is 0. The molecule has 0 rings (SSSR count). The molecule has 0 amide bonds. The van der Waals surface area contributed by atoms with Crippen molar-refractivity contribution in [3.63, 3.8) is 0 Å². The average molecular weight is 198 g/mol. The summed E-state index contributed by atoms with van der Waals surface area (Å²) in [6, 6.07) is 7.01. The predicted molar refractivity (Wildman–Crippen MR) is 52.5 cm³/mol. The minimum absolute atomic E-state index is 0.00375. The van der Waals surface area contributed by atoms with Crippen molar-refractivity contribution in [3.8, 4) is 24.3 Å². The van der Waals surface area contributed by atoms with Crippen molar-refractivity contribution in [1.82, 2.24) is 0 Å². The highest BCUT2D eigenvalue weighted by atomic mass is 14.4. The topological polar surface area (TPSA) is 95.2 Å². The van der Waals surface area contributed by atoms with Crippen molar-refractivity contribution in [2.45, 2.75) is 26.2 Å². The van der Waals surface area contributed by atoms with Crippen LogP contribution in [0.25, 0.3) is 0 Å². The van der Waals surface area contributed by atoms with E-state index in [0.29, 0.717) is 6.42 Å². The van der Waals surface area contributed by atoms with Crippen LogP contribution in [0.5, 0.6) is 0 Å². The van der Waals surface area contributed by atoms with Crippen molar-refractivity contribution < 1.29 is 0 Å². The summed E-state index contributed by atoms with van der Waals surface area (Å²) in [7, 11) is 0. The van der Waals surface area contributed by atoms with Gasteiger partial charge in [-0.25, -0.2) is 0 Å². The van der Waals surface area contributed by atoms with Crippen LogP contribution in [0, 0.1) is 51.2 Å². The van der Waals surface area contributed by atoms with Gasteiger partial charge in [-0.1, -0.05) is 19.8 Å². The molecule has 0 aromatic heterocycles. The highest BCUT2D eigenvalue weighted by Crippen LogP contribution is 2.19. The van der Waals surface area contributed by atoms with Crippen molar-refractivity contribution in [2.75, 3.05) is 0 Å². The summed E-state index contributed by atoms with van der Waals surface area (Å²) in [4.78, 5) is 0. The van der Waals surface area contributed by atoms with Crippen molar-refractivity contribution >= 4 is 0 Å². The van der Waals surface area contributed by atoms with Gasteiger partial charge >= 0.3 is 0 Å². The molecule has 15 heavy (non-hydrogen) atoms. The Kier molecular flexibility index (Phi) is 6.04. The van der Waals surface area contributed by atoms with E-state index in [1.54, 1.807) is 18.2 Å². The summed E-state index contributed by atoms with van der Waals surface area (Å²) >= 11 is 0. The van der Waals surface area contributed by atoms with Crippen LogP contribution in [-0.2, 0) is 0 Å². The number of rotatable bonds is 4. The normalized spacial score (nSPS) is 9.93. The molecule has 0 saturated heterocycles. The Bertz CT molecular complexity index is 390. The van der Waals surface area contributed by atoms with Crippen LogP contribution in [0.3, 0.4) is 0 Å². The largest absolute Gasteiger partial charge is 0.198 e. The van der Waals surface area contributed by atoms with Crippen LogP contribution in [0.2, 0.25) is 0 Å². The number of allylic oxidation sites excluding steroid dienone is 2. The van der Waals surface area contributed by atoms with Crippen LogP contribution in [-0.4, -0.2) is 0 Å². The molecule has 0 bridgehead atoms. The first-order valence-corrected chi connectivity index (χ1v) is 4.59. The van der Waals surface area contributed by atoms with Crippen molar-refractivity contribution in [1.29, 1.82) is 21.0 Å². The smallest absolute Gasteiger partial charge is 0.144 e. The highest BCUT2D eigenvalue weighted by molar-refractivity contribution is 5.48. The number of nitrogens with zero attached hydrogens (tertiary/aromatic N) is 4. The van der Waals surface area contributed by atoms with Gasteiger partial charge in [0.1, 0.15) is 17.7 Å². The fourth-order valence-electron chi connectivity index (χ4n) is 1.14. The highest BCUT2D eigenvalue weighted by Gasteiger charge is 2.17. The molecular weight excluding hydrogens is 188 g/mol. The van der Waals surface area contributed by atoms with Gasteiger partial charge in [0.15, 0.2) is 0 Å². The van der Waals surface area contributed by atoms with E-state index in [9.17, 15) is 0 Å². The average Bonchev–Trinajstić information content (AvgIpc) is 2.28. The van der Waals surface area contributed by atoms with Gasteiger partial charge in [-0.3, -0.25) is 0 Å². The summed E-state index contributed by atoms with van der Waals surface area (Å²) in [5, 5.41) is 34.9. The predicted octanol–water partition coefficient (Wildman–Crippen LogP) is 2.18. The first kappa shape index (κ1) is 12.7. The molecule has 1 unspecified atom stereocenters. The lowest BCUT2D eigenvalue weighted by Gasteiger charge is -2.05. The maximum Gasteiger partial charge on any atom is 0.144 e. The molecule has 4 heteroatoms. The molecule has 0 aromatic rings. The van der Waals surface area contributed by atoms with E-state index < -0.39 is 5.92 Å². The summed E-state index contributed by atoms with van der Waals surface area (Å²) < 4.78 is 0. The minimum Gasteiger partial charge on any atom is -0.198 e. The fraction of sp³-hybridized carbons (Fsp3) is 0.455. The Balaban J connectivity index is 5.08. The fourth-order valence-corrected chi connectivity index (χ4v) is 1.14. The Morgan fingerprint density at radius 1 is 1.07 bits per heavy atom. The number of nitriles is 4. The molecule has 0 aliphatic heterocycles. The monoisotopic (exact) mass is 198 g/mol. The lowest BCUT2D eigenvalue weighted by molar-refractivity contribution is 0.636. The lowest BCUT2D eigenvalue weighted by Crippen LogP contribution is -2.02. The van der Waals surface area contributed by atoms with Gasteiger partial charge < -0.3 is 0 Å². The van der Waals surface area contributed by atoms with Gasteiger partial charge in [-0.2, -0.15) is 21.0 Å². The van der Waals surface area contributed by atoms with Gasteiger partial charge in [0, 0.05) is 0 Å². The number of hydrogen-bond acceptors (Lipinski definition) is 4. The Hall–Kier alpha value is -2.30. The molecular formula is C11H10N4. The number of unbranched alkanes of at least 4 members (excludes halogenated alkanes) is 1. The van der Waals surface area contributed by atoms with E-state index in [2.05, 4.69) is 0 Å². The standard InChI is InChI=1S/C11H10N4/c1-2-3-4-9(5-12)11(8-15)10(6-13)7-14/h9H,2-4H2,1H3. The third-order valence-electron chi connectivity index (χ3n) is 1.96. The summed E-state index contributed by atoms with van der Waals surface area (Å²) in [5.74, 6) is -0.635. The van der Waals surface area contributed by atoms with Crippen LogP contribution in [0.4, 0.5) is 0 Å². The molecule has 0 aromatic carbocycles. The lowest BCUT2D eigenvalue weighted by atomic mass is 9.92. The second kappa shape index (κ2) is 7.14. The molecule has 1 atom stereocenters. The molecule has 4 nitrogen and oxygen atoms in total. The summed E-state index contributed by atoms with van der Waals surface area (Å²) in [5.41, 5.74) is -0.254. The van der Waals surface area contributed by atoms with E-state index in [-0.39, 0.29) is 11.1 Å². The zero-order chi connectivity index (χ0) is 11.7. The van der Waals surface area contributed by atoms with Crippen LogP contribution in [0.1, 0.15) is 26.2 Å². The van der Waals surface area contributed by atoms with E-state index in [0.717, 1.165) is 12.8 Å². The quantitative estimate of drug-likeness (QED) is 0.646. The SMILES string of the molecule is CCCCC(C#N)C(C#N)=C(C#N)C#N. The van der Waals surface area contributed by atoms with Crippen LogP contribution < -0.4 is 0 Å². The summed E-state index contributed by atoms with van der Waals surface area (Å²) in [6.07, 6.45) is 2.22. The minimum atomic E-state index is -0.635.